The molecule has 0 bridgehead atoms. The van der Waals surface area contributed by atoms with Gasteiger partial charge in [-0.15, -0.1) is 0 Å². The second-order valence-corrected chi connectivity index (χ2v) is 9.25. The molecule has 4 nitrogen and oxygen atoms in total. The lowest BCUT2D eigenvalue weighted by Crippen LogP contribution is -2.62. The minimum Gasteiger partial charge on any atom is -0.362 e. The van der Waals surface area contributed by atoms with Gasteiger partial charge in [0, 0.05) is 15.7 Å². The van der Waals surface area contributed by atoms with E-state index in [0.29, 0.717) is 17.3 Å². The highest BCUT2D eigenvalue weighted by Gasteiger charge is 2.69. The third kappa shape index (κ3) is 3.42. The Balaban J connectivity index is 2.02. The molecule has 2 aliphatic rings. The summed E-state index contributed by atoms with van der Waals surface area (Å²) in [6.45, 7) is 5.93. The molecule has 3 atom stereocenters. The summed E-state index contributed by atoms with van der Waals surface area (Å²) in [5.74, 6) is -2.21. The predicted molar refractivity (Wildman–Crippen MR) is 99.0 cm³/mol. The zero-order chi connectivity index (χ0) is 20.2. The van der Waals surface area contributed by atoms with E-state index in [4.69, 9.17) is 0 Å². The molecule has 1 aliphatic carbocycles. The second kappa shape index (κ2) is 6.58. The molecule has 1 fully saturated rings. The highest BCUT2D eigenvalue weighted by atomic mass is 79.9. The molecule has 1 aliphatic heterocycles. The Hall–Kier alpha value is -1.41. The van der Waals surface area contributed by atoms with Gasteiger partial charge in [-0.25, -0.2) is 0 Å². The summed E-state index contributed by atoms with van der Waals surface area (Å²) in [5.41, 5.74) is -3.24. The average molecular weight is 447 g/mol. The number of aliphatic hydroxyl groups is 1. The summed E-state index contributed by atoms with van der Waals surface area (Å²) < 4.78 is 42.6. The molecule has 27 heavy (non-hydrogen) atoms. The normalized spacial score (nSPS) is 28.7. The van der Waals surface area contributed by atoms with Gasteiger partial charge in [-0.1, -0.05) is 42.8 Å². The largest absolute Gasteiger partial charge is 0.439 e. The number of hydrazone groups is 1. The molecular formula is C19H22BrF3N2O2. The second-order valence-electron chi connectivity index (χ2n) is 8.33. The standard InChI is InChI=1S/C19H22BrF3N2O2/c1-17(2,3)12-7-8-15-14(10-12)18(27,19(21,22)23)25(24-15)16(26)11-5-4-6-13(20)9-11/h4-6,9,12,14,27H,7-8,10H2,1-3H3/t12-,14+,18-/m1/s1. The maximum absolute atomic E-state index is 14.0. The zero-order valence-electron chi connectivity index (χ0n) is 15.3. The fraction of sp³-hybridized carbons (Fsp3) is 0.579. The number of hydrogen-bond acceptors (Lipinski definition) is 3. The van der Waals surface area contributed by atoms with Crippen LogP contribution in [0.2, 0.25) is 0 Å². The van der Waals surface area contributed by atoms with E-state index in [2.05, 4.69) is 21.0 Å². The fourth-order valence-corrected chi connectivity index (χ4v) is 4.35. The fourth-order valence-electron chi connectivity index (χ4n) is 3.95. The molecule has 1 heterocycles. The van der Waals surface area contributed by atoms with Gasteiger partial charge in [0.2, 0.25) is 0 Å². The molecule has 8 heteroatoms. The molecule has 3 rings (SSSR count). The summed E-state index contributed by atoms with van der Waals surface area (Å²) in [7, 11) is 0. The van der Waals surface area contributed by atoms with Crippen LogP contribution in [0.3, 0.4) is 0 Å². The smallest absolute Gasteiger partial charge is 0.362 e. The first kappa shape index (κ1) is 20.3. The molecule has 1 aromatic carbocycles. The van der Waals surface area contributed by atoms with E-state index in [-0.39, 0.29) is 34.0 Å². The third-order valence-electron chi connectivity index (χ3n) is 5.61. The highest BCUT2D eigenvalue weighted by molar-refractivity contribution is 9.10. The Morgan fingerprint density at radius 3 is 2.56 bits per heavy atom. The van der Waals surface area contributed by atoms with E-state index in [1.807, 2.05) is 20.8 Å². The summed E-state index contributed by atoms with van der Waals surface area (Å²) in [5, 5.41) is 15.0. The van der Waals surface area contributed by atoms with E-state index in [0.717, 1.165) is 0 Å². The minimum atomic E-state index is -5.02. The number of alkyl halides is 3. The van der Waals surface area contributed by atoms with Crippen molar-refractivity contribution in [1.82, 2.24) is 5.01 Å². The number of fused-ring (bicyclic) bond motifs is 1. The first-order valence-electron chi connectivity index (χ1n) is 8.82. The lowest BCUT2D eigenvalue weighted by Gasteiger charge is -2.42. The van der Waals surface area contributed by atoms with E-state index in [1.54, 1.807) is 12.1 Å². The Morgan fingerprint density at radius 1 is 1.33 bits per heavy atom. The van der Waals surface area contributed by atoms with Gasteiger partial charge in [0.05, 0.1) is 5.92 Å². The number of amides is 1. The molecule has 0 radical (unpaired) electrons. The molecule has 1 amide bonds. The van der Waals surface area contributed by atoms with Crippen LogP contribution < -0.4 is 0 Å². The molecule has 0 aromatic heterocycles. The Labute approximate surface area is 164 Å². The van der Waals surface area contributed by atoms with E-state index in [9.17, 15) is 23.1 Å². The van der Waals surface area contributed by atoms with Crippen molar-refractivity contribution in [3.8, 4) is 0 Å². The number of benzene rings is 1. The minimum absolute atomic E-state index is 0.00348. The van der Waals surface area contributed by atoms with E-state index >= 15 is 0 Å². The number of hydrogen-bond donors (Lipinski definition) is 1. The lowest BCUT2D eigenvalue weighted by atomic mass is 9.66. The van der Waals surface area contributed by atoms with Gasteiger partial charge in [0.1, 0.15) is 0 Å². The first-order chi connectivity index (χ1) is 12.4. The van der Waals surface area contributed by atoms with Gasteiger partial charge >= 0.3 is 6.18 Å². The van der Waals surface area contributed by atoms with E-state index < -0.39 is 23.7 Å². The van der Waals surface area contributed by atoms with Gasteiger partial charge in [0.15, 0.2) is 0 Å². The van der Waals surface area contributed by atoms with Crippen LogP contribution in [-0.2, 0) is 0 Å². The van der Waals surface area contributed by atoms with Crippen LogP contribution in [0.15, 0.2) is 33.8 Å². The summed E-state index contributed by atoms with van der Waals surface area (Å²) in [4.78, 5) is 12.8. The molecule has 1 aromatic rings. The summed E-state index contributed by atoms with van der Waals surface area (Å²) in [6.07, 6.45) is -3.86. The number of rotatable bonds is 1. The number of nitrogens with zero attached hydrogens (tertiary/aromatic N) is 2. The van der Waals surface area contributed by atoms with Gasteiger partial charge in [0.25, 0.3) is 11.6 Å². The maximum atomic E-state index is 14.0. The third-order valence-corrected chi connectivity index (χ3v) is 6.11. The van der Waals surface area contributed by atoms with Crippen LogP contribution in [0.4, 0.5) is 13.2 Å². The summed E-state index contributed by atoms with van der Waals surface area (Å²) >= 11 is 3.21. The van der Waals surface area contributed by atoms with Crippen molar-refractivity contribution in [2.75, 3.05) is 0 Å². The molecule has 1 N–H and O–H groups in total. The zero-order valence-corrected chi connectivity index (χ0v) is 16.9. The average Bonchev–Trinajstić information content (AvgIpc) is 2.87. The van der Waals surface area contributed by atoms with Crippen molar-refractivity contribution in [2.24, 2.45) is 22.4 Å². The molecule has 0 saturated heterocycles. The first-order valence-corrected chi connectivity index (χ1v) is 9.61. The van der Waals surface area contributed by atoms with Crippen molar-refractivity contribution < 1.29 is 23.1 Å². The summed E-state index contributed by atoms with van der Waals surface area (Å²) in [6, 6.07) is 6.04. The highest BCUT2D eigenvalue weighted by Crippen LogP contribution is 2.52. The van der Waals surface area contributed by atoms with Crippen molar-refractivity contribution >= 4 is 27.5 Å². The Kier molecular flexibility index (Phi) is 4.96. The van der Waals surface area contributed by atoms with Crippen LogP contribution in [0.25, 0.3) is 0 Å². The van der Waals surface area contributed by atoms with E-state index in [1.165, 1.54) is 12.1 Å². The number of carbonyl (C=O) groups is 1. The molecular weight excluding hydrogens is 425 g/mol. The van der Waals surface area contributed by atoms with Crippen LogP contribution >= 0.6 is 15.9 Å². The monoisotopic (exact) mass is 446 g/mol. The van der Waals surface area contributed by atoms with Crippen LogP contribution in [0.1, 0.15) is 50.4 Å². The van der Waals surface area contributed by atoms with Crippen molar-refractivity contribution in [2.45, 2.75) is 51.9 Å². The van der Waals surface area contributed by atoms with Crippen molar-refractivity contribution in [3.05, 3.63) is 34.3 Å². The van der Waals surface area contributed by atoms with Gasteiger partial charge in [-0.2, -0.15) is 23.3 Å². The predicted octanol–water partition coefficient (Wildman–Crippen LogP) is 4.97. The quantitative estimate of drug-likeness (QED) is 0.661. The molecule has 1 saturated carbocycles. The number of halogens is 4. The van der Waals surface area contributed by atoms with Gasteiger partial charge < -0.3 is 5.11 Å². The van der Waals surface area contributed by atoms with Crippen molar-refractivity contribution in [1.29, 1.82) is 0 Å². The maximum Gasteiger partial charge on any atom is 0.439 e. The van der Waals surface area contributed by atoms with Crippen LogP contribution in [0.5, 0.6) is 0 Å². The topological polar surface area (TPSA) is 52.9 Å². The Bertz CT molecular complexity index is 788. The molecule has 0 unspecified atom stereocenters. The van der Waals surface area contributed by atoms with Gasteiger partial charge in [-0.05, 0) is 48.8 Å². The van der Waals surface area contributed by atoms with Crippen LogP contribution in [-0.4, -0.2) is 33.6 Å². The number of carbonyl (C=O) groups excluding carboxylic acids is 1. The van der Waals surface area contributed by atoms with Crippen LogP contribution in [0, 0.1) is 17.3 Å². The SMILES string of the molecule is CC(C)(C)[C@@H]1CCC2=NN(C(=O)c3cccc(Br)c3)[C@](O)(C(F)(F)F)[C@H]2C1. The molecule has 0 spiro atoms. The van der Waals surface area contributed by atoms with Crippen molar-refractivity contribution in [3.63, 3.8) is 0 Å². The Morgan fingerprint density at radius 2 is 2.00 bits per heavy atom. The van der Waals surface area contributed by atoms with Gasteiger partial charge in [-0.3, -0.25) is 4.79 Å². The molecule has 148 valence electrons. The lowest BCUT2D eigenvalue weighted by molar-refractivity contribution is -0.314.